The first-order valence-electron chi connectivity index (χ1n) is 7.54. The predicted molar refractivity (Wildman–Crippen MR) is 103 cm³/mol. The van der Waals surface area contributed by atoms with Crippen molar-refractivity contribution < 1.29 is 4.79 Å². The van der Waals surface area contributed by atoms with Gasteiger partial charge in [0, 0.05) is 29.9 Å². The summed E-state index contributed by atoms with van der Waals surface area (Å²) in [5.74, 6) is 1.13. The van der Waals surface area contributed by atoms with E-state index in [0.717, 1.165) is 25.9 Å². The maximum Gasteiger partial charge on any atom is 0.242 e. The van der Waals surface area contributed by atoms with Crippen molar-refractivity contribution in [1.29, 1.82) is 0 Å². The Bertz CT molecular complexity index is 474. The number of carbonyl (C=O) groups excluding carboxylic acids is 1. The number of thiophene rings is 1. The van der Waals surface area contributed by atoms with E-state index in [9.17, 15) is 4.79 Å². The van der Waals surface area contributed by atoms with Crippen molar-refractivity contribution >= 4 is 47.2 Å². The SMILES string of the molecule is CCNC(=NCC(=O)NC1CC1)NCC(C)c1cccs1.I. The first kappa shape index (κ1) is 19.2. The number of hydrogen-bond acceptors (Lipinski definition) is 3. The van der Waals surface area contributed by atoms with Gasteiger partial charge in [-0.05, 0) is 31.2 Å². The Morgan fingerprint density at radius 1 is 1.45 bits per heavy atom. The highest BCUT2D eigenvalue weighted by Crippen LogP contribution is 2.19. The fourth-order valence-corrected chi connectivity index (χ4v) is 2.70. The maximum atomic E-state index is 11.7. The van der Waals surface area contributed by atoms with Gasteiger partial charge in [-0.3, -0.25) is 4.79 Å². The van der Waals surface area contributed by atoms with E-state index in [2.05, 4.69) is 45.4 Å². The topological polar surface area (TPSA) is 65.5 Å². The van der Waals surface area contributed by atoms with Crippen molar-refractivity contribution in [2.45, 2.75) is 38.6 Å². The molecule has 0 spiro atoms. The fourth-order valence-electron chi connectivity index (χ4n) is 1.92. The van der Waals surface area contributed by atoms with E-state index in [0.29, 0.717) is 17.9 Å². The number of amides is 1. The molecule has 0 bridgehead atoms. The van der Waals surface area contributed by atoms with E-state index in [1.807, 2.05) is 6.92 Å². The third-order valence-electron chi connectivity index (χ3n) is 3.27. The number of nitrogens with one attached hydrogen (secondary N) is 3. The molecule has 0 saturated heterocycles. The second kappa shape index (κ2) is 10.0. The van der Waals surface area contributed by atoms with Gasteiger partial charge in [-0.1, -0.05) is 13.0 Å². The normalized spacial score (nSPS) is 15.6. The molecule has 1 aromatic rings. The van der Waals surface area contributed by atoms with E-state index in [1.54, 1.807) is 11.3 Å². The zero-order chi connectivity index (χ0) is 15.1. The molecule has 22 heavy (non-hydrogen) atoms. The van der Waals surface area contributed by atoms with Crippen molar-refractivity contribution in [2.75, 3.05) is 19.6 Å². The minimum absolute atomic E-state index is 0. The summed E-state index contributed by atoms with van der Waals surface area (Å²) in [5, 5.41) is 11.5. The lowest BCUT2D eigenvalue weighted by Crippen LogP contribution is -2.40. The number of aliphatic imine (C=N–C) groups is 1. The van der Waals surface area contributed by atoms with Gasteiger partial charge in [-0.25, -0.2) is 4.99 Å². The molecule has 1 aliphatic rings. The number of hydrogen-bond donors (Lipinski definition) is 3. The summed E-state index contributed by atoms with van der Waals surface area (Å²) in [7, 11) is 0. The molecule has 5 nitrogen and oxygen atoms in total. The van der Waals surface area contributed by atoms with Crippen LogP contribution in [0.3, 0.4) is 0 Å². The van der Waals surface area contributed by atoms with E-state index in [4.69, 9.17) is 0 Å². The lowest BCUT2D eigenvalue weighted by molar-refractivity contribution is -0.119. The molecule has 1 heterocycles. The average Bonchev–Trinajstić information content (AvgIpc) is 3.10. The molecule has 2 rings (SSSR count). The lowest BCUT2D eigenvalue weighted by atomic mass is 10.1. The van der Waals surface area contributed by atoms with Crippen LogP contribution in [0.1, 0.15) is 37.5 Å². The molecule has 3 N–H and O–H groups in total. The van der Waals surface area contributed by atoms with Crippen molar-refractivity contribution in [3.63, 3.8) is 0 Å². The van der Waals surface area contributed by atoms with E-state index < -0.39 is 0 Å². The molecule has 1 amide bonds. The minimum Gasteiger partial charge on any atom is -0.357 e. The molecule has 1 fully saturated rings. The Kier molecular flexibility index (Phi) is 8.77. The number of rotatable bonds is 7. The van der Waals surface area contributed by atoms with E-state index in [1.165, 1.54) is 4.88 Å². The maximum absolute atomic E-state index is 11.7. The standard InChI is InChI=1S/C15H24N4OS.HI/c1-3-16-15(18-10-14(20)19-12-6-7-12)17-9-11(2)13-5-4-8-21-13;/h4-5,8,11-12H,3,6-7,9-10H2,1-2H3,(H,19,20)(H2,16,17,18);1H. The van der Waals surface area contributed by atoms with Crippen LogP contribution in [0.15, 0.2) is 22.5 Å². The van der Waals surface area contributed by atoms with Gasteiger partial charge in [0.15, 0.2) is 5.96 Å². The van der Waals surface area contributed by atoms with Crippen molar-refractivity contribution in [3.05, 3.63) is 22.4 Å². The quantitative estimate of drug-likeness (QED) is 0.349. The summed E-state index contributed by atoms with van der Waals surface area (Å²) >= 11 is 1.76. The molecule has 1 atom stereocenters. The highest BCUT2D eigenvalue weighted by Gasteiger charge is 2.22. The van der Waals surface area contributed by atoms with Crippen molar-refractivity contribution in [3.8, 4) is 0 Å². The molecule has 1 unspecified atom stereocenters. The van der Waals surface area contributed by atoms with Gasteiger partial charge in [-0.2, -0.15) is 0 Å². The minimum atomic E-state index is 0. The fraction of sp³-hybridized carbons (Fsp3) is 0.600. The molecule has 1 aliphatic carbocycles. The van der Waals surface area contributed by atoms with Crippen LogP contribution >= 0.6 is 35.3 Å². The molecule has 0 aromatic carbocycles. The van der Waals surface area contributed by atoms with Gasteiger partial charge in [0.05, 0.1) is 0 Å². The van der Waals surface area contributed by atoms with Crippen molar-refractivity contribution in [2.24, 2.45) is 4.99 Å². The molecule has 1 aromatic heterocycles. The second-order valence-corrected chi connectivity index (χ2v) is 6.31. The molecule has 0 radical (unpaired) electrons. The van der Waals surface area contributed by atoms with Crippen LogP contribution in [0, 0.1) is 0 Å². The first-order valence-corrected chi connectivity index (χ1v) is 8.42. The van der Waals surface area contributed by atoms with Gasteiger partial charge in [0.25, 0.3) is 0 Å². The van der Waals surface area contributed by atoms with E-state index >= 15 is 0 Å². The molecule has 0 aliphatic heterocycles. The summed E-state index contributed by atoms with van der Waals surface area (Å²) < 4.78 is 0. The number of halogens is 1. The molecular weight excluding hydrogens is 411 g/mol. The number of carbonyl (C=O) groups is 1. The van der Waals surface area contributed by atoms with Crippen LogP contribution in [0.5, 0.6) is 0 Å². The Morgan fingerprint density at radius 2 is 2.23 bits per heavy atom. The number of guanidine groups is 1. The zero-order valence-corrected chi connectivity index (χ0v) is 16.2. The molecule has 124 valence electrons. The van der Waals surface area contributed by atoms with Crippen LogP contribution < -0.4 is 16.0 Å². The third kappa shape index (κ3) is 6.95. The smallest absolute Gasteiger partial charge is 0.242 e. The second-order valence-electron chi connectivity index (χ2n) is 5.33. The van der Waals surface area contributed by atoms with Crippen LogP contribution in [0.2, 0.25) is 0 Å². The Balaban J connectivity index is 0.00000242. The largest absolute Gasteiger partial charge is 0.357 e. The molecule has 7 heteroatoms. The van der Waals surface area contributed by atoms with Crippen molar-refractivity contribution in [1.82, 2.24) is 16.0 Å². The summed E-state index contributed by atoms with van der Waals surface area (Å²) in [5.41, 5.74) is 0. The molecular formula is C15H25IN4OS. The van der Waals surface area contributed by atoms with E-state index in [-0.39, 0.29) is 36.4 Å². The molecule has 1 saturated carbocycles. The highest BCUT2D eigenvalue weighted by molar-refractivity contribution is 14.0. The van der Waals surface area contributed by atoms with Gasteiger partial charge < -0.3 is 16.0 Å². The summed E-state index contributed by atoms with van der Waals surface area (Å²) in [4.78, 5) is 17.3. The monoisotopic (exact) mass is 436 g/mol. The Labute approximate surface area is 153 Å². The highest BCUT2D eigenvalue weighted by atomic mass is 127. The van der Waals surface area contributed by atoms with Crippen LogP contribution in [0.4, 0.5) is 0 Å². The van der Waals surface area contributed by atoms with Gasteiger partial charge in [0.2, 0.25) is 5.91 Å². The van der Waals surface area contributed by atoms with Crippen LogP contribution in [-0.4, -0.2) is 37.5 Å². The number of nitrogens with zero attached hydrogens (tertiary/aromatic N) is 1. The predicted octanol–water partition coefficient (Wildman–Crippen LogP) is 2.30. The van der Waals surface area contributed by atoms with Gasteiger partial charge in [-0.15, -0.1) is 35.3 Å². The summed E-state index contributed by atoms with van der Waals surface area (Å²) in [6, 6.07) is 4.60. The Hall–Kier alpha value is -0.830. The lowest BCUT2D eigenvalue weighted by Gasteiger charge is -2.15. The first-order chi connectivity index (χ1) is 10.2. The van der Waals surface area contributed by atoms with Crippen LogP contribution in [-0.2, 0) is 4.79 Å². The van der Waals surface area contributed by atoms with Crippen LogP contribution in [0.25, 0.3) is 0 Å². The zero-order valence-electron chi connectivity index (χ0n) is 13.1. The third-order valence-corrected chi connectivity index (χ3v) is 4.38. The van der Waals surface area contributed by atoms with Gasteiger partial charge >= 0.3 is 0 Å². The Morgan fingerprint density at radius 3 is 2.82 bits per heavy atom. The average molecular weight is 436 g/mol. The summed E-state index contributed by atoms with van der Waals surface area (Å²) in [6.45, 7) is 5.96. The summed E-state index contributed by atoms with van der Waals surface area (Å²) in [6.07, 6.45) is 2.21. The van der Waals surface area contributed by atoms with Gasteiger partial charge in [0.1, 0.15) is 6.54 Å².